The van der Waals surface area contributed by atoms with Crippen LogP contribution in [0.3, 0.4) is 0 Å². The number of fused-ring (bicyclic) bond motifs is 11. The van der Waals surface area contributed by atoms with Gasteiger partial charge in [0.15, 0.2) is 23.1 Å². The zero-order valence-corrected chi connectivity index (χ0v) is 31.2. The number of hydrogen-bond donors (Lipinski definition) is 0. The van der Waals surface area contributed by atoms with E-state index < -0.39 is 0 Å². The van der Waals surface area contributed by atoms with E-state index in [2.05, 4.69) is 126 Å². The van der Waals surface area contributed by atoms with Crippen molar-refractivity contribution < 1.29 is 4.42 Å². The number of benzene rings is 9. The Labute approximate surface area is 333 Å². The van der Waals surface area contributed by atoms with Gasteiger partial charge >= 0.3 is 0 Å². The molecular weight excluding hydrogens is 709 g/mol. The minimum absolute atomic E-state index is 0.619. The predicted molar refractivity (Wildman–Crippen MR) is 238 cm³/mol. The summed E-state index contributed by atoms with van der Waals surface area (Å²) in [5.74, 6) is 1.89. The third-order valence-electron chi connectivity index (χ3n) is 11.4. The van der Waals surface area contributed by atoms with E-state index in [1.165, 1.54) is 37.9 Å². The van der Waals surface area contributed by atoms with Crippen molar-refractivity contribution in [2.24, 2.45) is 0 Å². The molecule has 9 aromatic carbocycles. The summed E-state index contributed by atoms with van der Waals surface area (Å²) < 4.78 is 8.94. The zero-order chi connectivity index (χ0) is 38.2. The molecule has 0 saturated carbocycles. The fourth-order valence-electron chi connectivity index (χ4n) is 8.71. The van der Waals surface area contributed by atoms with Crippen LogP contribution in [0.1, 0.15) is 0 Å². The van der Waals surface area contributed by atoms with E-state index in [1.807, 2.05) is 72.8 Å². The fraction of sp³-hybridized carbons (Fsp3) is 0. The first kappa shape index (κ1) is 32.4. The minimum atomic E-state index is 0.619. The number of nitrogens with zero attached hydrogens (tertiary/aromatic N) is 4. The molecule has 12 rings (SSSR count). The molecule has 0 saturated heterocycles. The highest BCUT2D eigenvalue weighted by Crippen LogP contribution is 2.43. The van der Waals surface area contributed by atoms with Crippen molar-refractivity contribution in [2.75, 3.05) is 0 Å². The van der Waals surface area contributed by atoms with Crippen LogP contribution in [0.15, 0.2) is 199 Å². The van der Waals surface area contributed by atoms with E-state index in [9.17, 15) is 0 Å². The quantitative estimate of drug-likeness (QED) is 0.165. The Kier molecular flexibility index (Phi) is 7.16. The summed E-state index contributed by atoms with van der Waals surface area (Å²) in [7, 11) is 0. The number of rotatable bonds is 5. The second-order valence-corrected chi connectivity index (χ2v) is 14.8. The molecular formula is C53H32N4O. The molecule has 5 nitrogen and oxygen atoms in total. The molecule has 5 heteroatoms. The average molecular weight is 741 g/mol. The van der Waals surface area contributed by atoms with Crippen LogP contribution in [0.4, 0.5) is 0 Å². The van der Waals surface area contributed by atoms with E-state index in [1.54, 1.807) is 0 Å². The Balaban J connectivity index is 1.03. The van der Waals surface area contributed by atoms with Crippen molar-refractivity contribution >= 4 is 60.0 Å². The van der Waals surface area contributed by atoms with Crippen molar-refractivity contribution in [3.63, 3.8) is 0 Å². The number of aromatic nitrogens is 4. The topological polar surface area (TPSA) is 56.2 Å². The van der Waals surface area contributed by atoms with E-state index in [-0.39, 0.29) is 0 Å². The van der Waals surface area contributed by atoms with Gasteiger partial charge in [-0.05, 0) is 79.3 Å². The van der Waals surface area contributed by atoms with E-state index in [0.29, 0.717) is 17.5 Å². The zero-order valence-electron chi connectivity index (χ0n) is 31.2. The molecule has 3 heterocycles. The Morgan fingerprint density at radius 2 is 0.741 bits per heavy atom. The van der Waals surface area contributed by atoms with E-state index in [0.717, 1.165) is 61.1 Å². The van der Waals surface area contributed by atoms with Gasteiger partial charge in [-0.2, -0.15) is 0 Å². The molecule has 0 aliphatic carbocycles. The van der Waals surface area contributed by atoms with Crippen LogP contribution in [-0.2, 0) is 0 Å². The summed E-state index contributed by atoms with van der Waals surface area (Å²) >= 11 is 0. The van der Waals surface area contributed by atoms with Crippen LogP contribution >= 0.6 is 0 Å². The van der Waals surface area contributed by atoms with Gasteiger partial charge in [0.05, 0.1) is 16.6 Å². The molecule has 0 atom stereocenters. The van der Waals surface area contributed by atoms with Crippen LogP contribution in [0.25, 0.3) is 116 Å². The SMILES string of the molecule is c1ccc(-c2nc(-c3ccccc3)nc(-c3ccc(-c4c5cc(-c6ccc7c8ccccc8c8ccccc8c7c6)ccc5n5c4oc4ccccc45)cc3)n2)cc1. The molecule has 0 unspecified atom stereocenters. The Morgan fingerprint density at radius 1 is 0.310 bits per heavy atom. The maximum Gasteiger partial charge on any atom is 0.213 e. The predicted octanol–water partition coefficient (Wildman–Crippen LogP) is 13.8. The van der Waals surface area contributed by atoms with Crippen LogP contribution in [-0.4, -0.2) is 19.4 Å². The lowest BCUT2D eigenvalue weighted by atomic mass is 9.91. The molecule has 0 amide bonds. The molecule has 58 heavy (non-hydrogen) atoms. The van der Waals surface area contributed by atoms with Crippen molar-refractivity contribution in [3.8, 4) is 56.4 Å². The summed E-state index contributed by atoms with van der Waals surface area (Å²) in [6.45, 7) is 0. The van der Waals surface area contributed by atoms with Crippen LogP contribution < -0.4 is 0 Å². The fourth-order valence-corrected chi connectivity index (χ4v) is 8.71. The maximum atomic E-state index is 6.69. The largest absolute Gasteiger partial charge is 0.438 e. The molecule has 0 bridgehead atoms. The van der Waals surface area contributed by atoms with Gasteiger partial charge in [-0.25, -0.2) is 15.0 Å². The van der Waals surface area contributed by atoms with Crippen molar-refractivity contribution in [1.82, 2.24) is 19.4 Å². The highest BCUT2D eigenvalue weighted by Gasteiger charge is 2.21. The normalized spacial score (nSPS) is 11.8. The summed E-state index contributed by atoms with van der Waals surface area (Å²) in [4.78, 5) is 14.8. The van der Waals surface area contributed by atoms with Crippen LogP contribution in [0, 0.1) is 0 Å². The smallest absolute Gasteiger partial charge is 0.213 e. The molecule has 0 fully saturated rings. The van der Waals surface area contributed by atoms with Gasteiger partial charge in [-0.1, -0.05) is 164 Å². The van der Waals surface area contributed by atoms with Gasteiger partial charge in [-0.15, -0.1) is 0 Å². The number of hydrogen-bond acceptors (Lipinski definition) is 4. The highest BCUT2D eigenvalue weighted by atomic mass is 16.3. The number of para-hydroxylation sites is 2. The molecule has 12 aromatic rings. The first-order valence-electron chi connectivity index (χ1n) is 19.5. The highest BCUT2D eigenvalue weighted by molar-refractivity contribution is 6.25. The summed E-state index contributed by atoms with van der Waals surface area (Å²) in [5, 5.41) is 8.72. The molecule has 0 N–H and O–H groups in total. The molecule has 0 spiro atoms. The summed E-state index contributed by atoms with van der Waals surface area (Å²) in [6.07, 6.45) is 0. The molecule has 0 aliphatic heterocycles. The average Bonchev–Trinajstić information content (AvgIpc) is 3.83. The first-order chi connectivity index (χ1) is 28.7. The lowest BCUT2D eigenvalue weighted by Crippen LogP contribution is -2.00. The Morgan fingerprint density at radius 3 is 1.34 bits per heavy atom. The third kappa shape index (κ3) is 5.07. The van der Waals surface area contributed by atoms with Crippen molar-refractivity contribution in [3.05, 3.63) is 194 Å². The minimum Gasteiger partial charge on any atom is -0.438 e. The Hall–Kier alpha value is -7.89. The monoisotopic (exact) mass is 740 g/mol. The van der Waals surface area contributed by atoms with Gasteiger partial charge in [0.2, 0.25) is 5.71 Å². The van der Waals surface area contributed by atoms with Crippen LogP contribution in [0.2, 0.25) is 0 Å². The summed E-state index contributed by atoms with van der Waals surface area (Å²) in [5.41, 5.74) is 11.0. The second kappa shape index (κ2) is 12.8. The van der Waals surface area contributed by atoms with Crippen molar-refractivity contribution in [2.45, 2.75) is 0 Å². The first-order valence-corrected chi connectivity index (χ1v) is 19.5. The van der Waals surface area contributed by atoms with Gasteiger partial charge < -0.3 is 4.42 Å². The van der Waals surface area contributed by atoms with Gasteiger partial charge in [0.25, 0.3) is 0 Å². The van der Waals surface area contributed by atoms with Gasteiger partial charge in [-0.3, -0.25) is 4.40 Å². The summed E-state index contributed by atoms with van der Waals surface area (Å²) in [6, 6.07) is 68.1. The Bertz CT molecular complexity index is 3460. The number of oxazole rings is 1. The lowest BCUT2D eigenvalue weighted by Gasteiger charge is -2.12. The van der Waals surface area contributed by atoms with E-state index >= 15 is 0 Å². The van der Waals surface area contributed by atoms with Crippen molar-refractivity contribution in [1.29, 1.82) is 0 Å². The second-order valence-electron chi connectivity index (χ2n) is 14.8. The molecule has 270 valence electrons. The molecule has 3 aromatic heterocycles. The maximum absolute atomic E-state index is 6.69. The third-order valence-corrected chi connectivity index (χ3v) is 11.4. The molecule has 0 aliphatic rings. The van der Waals surface area contributed by atoms with Gasteiger partial charge in [0.1, 0.15) is 0 Å². The molecule has 0 radical (unpaired) electrons. The van der Waals surface area contributed by atoms with Crippen LogP contribution in [0.5, 0.6) is 0 Å². The van der Waals surface area contributed by atoms with E-state index in [4.69, 9.17) is 19.4 Å². The standard InChI is InChI=1S/C53H32N4O/c1-3-13-34(14-4-1)50-54-51(35-15-5-2-6-16-35)56-52(55-50)36-25-23-33(24-26-36)49-45-32-38(28-30-46(45)57-47-21-11-12-22-48(47)58-53(49)57)37-27-29-43-41-19-8-7-17-39(41)40-18-9-10-20-42(40)44(43)31-37/h1-32H. The lowest BCUT2D eigenvalue weighted by molar-refractivity contribution is 0.658. The van der Waals surface area contributed by atoms with Gasteiger partial charge in [0, 0.05) is 22.1 Å².